The molecule has 2 aromatic rings. The Labute approximate surface area is 123 Å². The highest BCUT2D eigenvalue weighted by Gasteiger charge is 2.25. The van der Waals surface area contributed by atoms with Gasteiger partial charge in [-0.15, -0.1) is 0 Å². The van der Waals surface area contributed by atoms with Crippen LogP contribution in [0.2, 0.25) is 0 Å². The number of nitrogens with zero attached hydrogens (tertiary/aromatic N) is 1. The zero-order valence-electron chi connectivity index (χ0n) is 12.8. The third-order valence-corrected chi connectivity index (χ3v) is 2.96. The number of aromatic nitrogens is 1. The number of benzene rings is 1. The van der Waals surface area contributed by atoms with Crippen molar-refractivity contribution >= 4 is 16.8 Å². The largest absolute Gasteiger partial charge is 0.334 e. The van der Waals surface area contributed by atoms with Gasteiger partial charge in [0.05, 0.1) is 19.7 Å². The topological polar surface area (TPSA) is 58.9 Å². The summed E-state index contributed by atoms with van der Waals surface area (Å²) < 4.78 is 1.59. The molecule has 1 aromatic carbocycles. The van der Waals surface area contributed by atoms with Crippen LogP contribution in [0.15, 0.2) is 24.4 Å². The van der Waals surface area contributed by atoms with Gasteiger partial charge in [-0.2, -0.15) is 9.78 Å². The molecule has 0 unspecified atom stereocenters. The lowest BCUT2D eigenvalue weighted by atomic mass is 9.95. The van der Waals surface area contributed by atoms with Gasteiger partial charge in [0.25, 0.3) is 0 Å². The van der Waals surface area contributed by atoms with E-state index in [1.165, 1.54) is 14.2 Å². The number of hydrogen-bond donors (Lipinski definition) is 0. The van der Waals surface area contributed by atoms with Gasteiger partial charge in [0.1, 0.15) is 0 Å². The summed E-state index contributed by atoms with van der Waals surface area (Å²) >= 11 is 0. The molecule has 0 amide bonds. The summed E-state index contributed by atoms with van der Waals surface area (Å²) in [5.74, 6) is 0.683. The minimum Gasteiger partial charge on any atom is -0.334 e. The van der Waals surface area contributed by atoms with E-state index in [2.05, 4.69) is 9.78 Å². The number of carbonyl (C=O) groups is 1. The van der Waals surface area contributed by atoms with Gasteiger partial charge in [-0.1, -0.05) is 20.8 Å². The van der Waals surface area contributed by atoms with Crippen molar-refractivity contribution in [2.45, 2.75) is 20.8 Å². The number of fused-ring (bicyclic) bond motifs is 1. The van der Waals surface area contributed by atoms with Crippen molar-refractivity contribution in [1.29, 1.82) is 0 Å². The average molecular weight is 293 g/mol. The predicted octanol–water partition coefficient (Wildman–Crippen LogP) is 3.21. The lowest BCUT2D eigenvalue weighted by Gasteiger charge is -2.18. The molecule has 0 N–H and O–H groups in total. The molecule has 0 spiro atoms. The molecule has 0 fully saturated rings. The molecular weight excluding hydrogens is 274 g/mol. The van der Waals surface area contributed by atoms with Crippen molar-refractivity contribution in [1.82, 2.24) is 4.57 Å². The van der Waals surface area contributed by atoms with Crippen molar-refractivity contribution in [3.8, 4) is 11.5 Å². The smallest absolute Gasteiger partial charge is 0.236 e. The molecule has 0 bridgehead atoms. The first-order chi connectivity index (χ1) is 9.88. The number of carbonyl (C=O) groups excluding carboxylic acids is 1. The predicted molar refractivity (Wildman–Crippen MR) is 77.3 cm³/mol. The summed E-state index contributed by atoms with van der Waals surface area (Å²) in [4.78, 5) is 31.9. The Kier molecular flexibility index (Phi) is 4.20. The molecule has 114 valence electrons. The SMILES string of the molecule is COOc1cc2ccn(C(=O)C(C)(C)C)c2cc1OOC. The summed E-state index contributed by atoms with van der Waals surface area (Å²) in [5, 5.41) is 0.836. The van der Waals surface area contributed by atoms with E-state index in [9.17, 15) is 4.79 Å². The van der Waals surface area contributed by atoms with E-state index >= 15 is 0 Å². The van der Waals surface area contributed by atoms with E-state index in [0.29, 0.717) is 17.0 Å². The second-order valence-electron chi connectivity index (χ2n) is 5.60. The van der Waals surface area contributed by atoms with Crippen LogP contribution >= 0.6 is 0 Å². The van der Waals surface area contributed by atoms with E-state index in [1.54, 1.807) is 22.9 Å². The van der Waals surface area contributed by atoms with Crippen molar-refractivity contribution in [3.05, 3.63) is 24.4 Å². The van der Waals surface area contributed by atoms with E-state index in [1.807, 2.05) is 26.8 Å². The van der Waals surface area contributed by atoms with Gasteiger partial charge in [0.15, 0.2) is 0 Å². The van der Waals surface area contributed by atoms with Crippen LogP contribution in [0, 0.1) is 5.41 Å². The van der Waals surface area contributed by atoms with Gasteiger partial charge in [0, 0.05) is 23.1 Å². The molecular formula is C15H19NO5. The van der Waals surface area contributed by atoms with Gasteiger partial charge < -0.3 is 9.78 Å². The molecule has 21 heavy (non-hydrogen) atoms. The Morgan fingerprint density at radius 2 is 1.62 bits per heavy atom. The molecule has 0 saturated carbocycles. The highest BCUT2D eigenvalue weighted by Crippen LogP contribution is 2.34. The van der Waals surface area contributed by atoms with E-state index in [4.69, 9.17) is 9.78 Å². The van der Waals surface area contributed by atoms with E-state index < -0.39 is 5.41 Å². The molecule has 1 aromatic heterocycles. The number of hydrogen-bond acceptors (Lipinski definition) is 5. The highest BCUT2D eigenvalue weighted by atomic mass is 17.2. The maximum atomic E-state index is 12.5. The van der Waals surface area contributed by atoms with Gasteiger partial charge in [0.2, 0.25) is 17.4 Å². The Balaban J connectivity index is 2.57. The molecule has 6 nitrogen and oxygen atoms in total. The summed E-state index contributed by atoms with van der Waals surface area (Å²) in [7, 11) is 2.79. The summed E-state index contributed by atoms with van der Waals surface area (Å²) in [6.07, 6.45) is 1.73. The molecule has 0 radical (unpaired) electrons. The molecule has 6 heteroatoms. The normalized spacial score (nSPS) is 11.7. The first-order valence-electron chi connectivity index (χ1n) is 6.49. The monoisotopic (exact) mass is 293 g/mol. The fraction of sp³-hybridized carbons (Fsp3) is 0.400. The maximum absolute atomic E-state index is 12.5. The standard InChI is InChI=1S/C15H19NO5/c1-15(2,3)14(17)16-7-6-10-8-12(20-18-4)13(21-19-5)9-11(10)16/h6-9H,1-5H3. The van der Waals surface area contributed by atoms with Crippen molar-refractivity contribution in [2.75, 3.05) is 14.2 Å². The molecule has 0 saturated heterocycles. The zero-order valence-corrected chi connectivity index (χ0v) is 12.8. The first kappa shape index (κ1) is 15.3. The molecule has 2 rings (SSSR count). The fourth-order valence-electron chi connectivity index (χ4n) is 1.99. The summed E-state index contributed by atoms with van der Waals surface area (Å²) in [6, 6.07) is 5.23. The van der Waals surface area contributed by atoms with Gasteiger partial charge in [-0.3, -0.25) is 9.36 Å². The van der Waals surface area contributed by atoms with Crippen molar-refractivity contribution < 1.29 is 24.3 Å². The molecule has 0 aliphatic carbocycles. The average Bonchev–Trinajstić information content (AvgIpc) is 2.80. The quantitative estimate of drug-likeness (QED) is 0.640. The molecule has 0 aliphatic rings. The molecule has 0 atom stereocenters. The Hall–Kier alpha value is -2.05. The van der Waals surface area contributed by atoms with Crippen LogP contribution in [0.25, 0.3) is 10.9 Å². The van der Waals surface area contributed by atoms with Crippen LogP contribution in [0.1, 0.15) is 25.6 Å². The lowest BCUT2D eigenvalue weighted by molar-refractivity contribution is -0.201. The van der Waals surface area contributed by atoms with Gasteiger partial charge in [-0.05, 0) is 12.1 Å². The first-order valence-corrected chi connectivity index (χ1v) is 6.49. The Morgan fingerprint density at radius 3 is 2.14 bits per heavy atom. The second-order valence-corrected chi connectivity index (χ2v) is 5.60. The van der Waals surface area contributed by atoms with Crippen LogP contribution in [0.5, 0.6) is 11.5 Å². The summed E-state index contributed by atoms with van der Waals surface area (Å²) in [6.45, 7) is 5.61. The van der Waals surface area contributed by atoms with Gasteiger partial charge in [-0.25, -0.2) is 0 Å². The van der Waals surface area contributed by atoms with E-state index in [-0.39, 0.29) is 5.91 Å². The van der Waals surface area contributed by atoms with Crippen LogP contribution in [0.4, 0.5) is 0 Å². The third kappa shape index (κ3) is 3.01. The second kappa shape index (κ2) is 5.75. The van der Waals surface area contributed by atoms with Crippen LogP contribution < -0.4 is 9.78 Å². The van der Waals surface area contributed by atoms with Crippen molar-refractivity contribution in [2.24, 2.45) is 5.41 Å². The fourth-order valence-corrected chi connectivity index (χ4v) is 1.99. The van der Waals surface area contributed by atoms with Crippen LogP contribution in [0.3, 0.4) is 0 Å². The third-order valence-electron chi connectivity index (χ3n) is 2.96. The zero-order chi connectivity index (χ0) is 15.6. The van der Waals surface area contributed by atoms with Gasteiger partial charge >= 0.3 is 0 Å². The minimum absolute atomic E-state index is 0.0127. The Bertz CT molecular complexity index is 654. The molecule has 0 aliphatic heterocycles. The minimum atomic E-state index is -0.490. The Morgan fingerprint density at radius 1 is 1.05 bits per heavy atom. The summed E-state index contributed by atoms with van der Waals surface area (Å²) in [5.41, 5.74) is 0.223. The van der Waals surface area contributed by atoms with Crippen molar-refractivity contribution in [3.63, 3.8) is 0 Å². The highest BCUT2D eigenvalue weighted by molar-refractivity contribution is 5.96. The maximum Gasteiger partial charge on any atom is 0.236 e. The van der Waals surface area contributed by atoms with Crippen LogP contribution in [-0.2, 0) is 9.78 Å². The molecule has 1 heterocycles. The number of rotatable bonds is 4. The lowest BCUT2D eigenvalue weighted by Crippen LogP contribution is -2.25. The van der Waals surface area contributed by atoms with E-state index in [0.717, 1.165) is 5.39 Å². The van der Waals surface area contributed by atoms with Crippen LogP contribution in [-0.4, -0.2) is 24.7 Å².